The Morgan fingerprint density at radius 3 is 2.59 bits per heavy atom. The lowest BCUT2D eigenvalue weighted by molar-refractivity contribution is 0.0971. The summed E-state index contributed by atoms with van der Waals surface area (Å²) >= 11 is 9.64. The van der Waals surface area contributed by atoms with Gasteiger partial charge in [-0.1, -0.05) is 59.1 Å². The topological polar surface area (TPSA) is 59.8 Å². The lowest BCUT2D eigenvalue weighted by Crippen LogP contribution is -2.29. The Morgan fingerprint density at radius 1 is 1.06 bits per heavy atom. The first-order chi connectivity index (χ1) is 16.5. The van der Waals surface area contributed by atoms with Gasteiger partial charge in [0, 0.05) is 15.2 Å². The highest BCUT2D eigenvalue weighted by Crippen LogP contribution is 2.42. The van der Waals surface area contributed by atoms with Crippen LogP contribution in [0.25, 0.3) is 11.0 Å². The number of amides is 1. The van der Waals surface area contributed by atoms with Gasteiger partial charge in [-0.3, -0.25) is 14.5 Å². The molecule has 0 radical (unpaired) electrons. The Hall–Kier alpha value is -3.09. The summed E-state index contributed by atoms with van der Waals surface area (Å²) in [7, 11) is 0. The summed E-state index contributed by atoms with van der Waals surface area (Å²) in [4.78, 5) is 28.9. The summed E-state index contributed by atoms with van der Waals surface area (Å²) in [5, 5.41) is 0.776. The Labute approximate surface area is 210 Å². The monoisotopic (exact) mass is 537 g/mol. The maximum Gasteiger partial charge on any atom is 0.295 e. The van der Waals surface area contributed by atoms with E-state index in [2.05, 4.69) is 22.9 Å². The van der Waals surface area contributed by atoms with Crippen LogP contribution in [0.5, 0.6) is 5.75 Å². The third-order valence-electron chi connectivity index (χ3n) is 5.88. The molecule has 34 heavy (non-hydrogen) atoms. The predicted molar refractivity (Wildman–Crippen MR) is 137 cm³/mol. The molecular weight excluding hydrogens is 518 g/mol. The van der Waals surface area contributed by atoms with Crippen LogP contribution in [-0.2, 0) is 0 Å². The molecule has 0 bridgehead atoms. The first kappa shape index (κ1) is 22.7. The van der Waals surface area contributed by atoms with E-state index < -0.39 is 6.04 Å². The highest BCUT2D eigenvalue weighted by Gasteiger charge is 2.43. The predicted octanol–water partition coefficient (Wildman–Crippen LogP) is 7.14. The van der Waals surface area contributed by atoms with Crippen LogP contribution < -0.4 is 15.1 Å². The number of rotatable bonds is 6. The molecule has 0 saturated carbocycles. The van der Waals surface area contributed by atoms with Gasteiger partial charge in [0.25, 0.3) is 5.91 Å². The Balaban J connectivity index is 1.68. The van der Waals surface area contributed by atoms with Gasteiger partial charge < -0.3 is 9.15 Å². The van der Waals surface area contributed by atoms with Crippen molar-refractivity contribution in [1.29, 1.82) is 0 Å². The van der Waals surface area contributed by atoms with Gasteiger partial charge in [-0.25, -0.2) is 0 Å². The van der Waals surface area contributed by atoms with Crippen LogP contribution in [-0.4, -0.2) is 12.5 Å². The highest BCUT2D eigenvalue weighted by molar-refractivity contribution is 9.10. The van der Waals surface area contributed by atoms with Crippen LogP contribution in [0.4, 0.5) is 5.69 Å². The van der Waals surface area contributed by atoms with E-state index >= 15 is 0 Å². The van der Waals surface area contributed by atoms with Gasteiger partial charge in [0.2, 0.25) is 5.76 Å². The van der Waals surface area contributed by atoms with Gasteiger partial charge in [0.15, 0.2) is 5.43 Å². The van der Waals surface area contributed by atoms with Crippen molar-refractivity contribution in [3.05, 3.63) is 103 Å². The summed E-state index contributed by atoms with van der Waals surface area (Å²) in [6.07, 6.45) is 2.02. The summed E-state index contributed by atoms with van der Waals surface area (Å²) in [5.41, 5.74) is 1.80. The van der Waals surface area contributed by atoms with Crippen molar-refractivity contribution in [1.82, 2.24) is 0 Å². The fourth-order valence-corrected chi connectivity index (χ4v) is 4.79. The zero-order chi connectivity index (χ0) is 23.8. The molecular formula is C27H21BrClNO4. The second-order valence-electron chi connectivity index (χ2n) is 8.14. The number of halogens is 2. The fraction of sp³-hybridized carbons (Fsp3) is 0.185. The molecule has 3 aromatic carbocycles. The highest BCUT2D eigenvalue weighted by atomic mass is 79.9. The molecule has 0 aliphatic carbocycles. The molecule has 0 N–H and O–H groups in total. The maximum atomic E-state index is 13.7. The van der Waals surface area contributed by atoms with Crippen LogP contribution >= 0.6 is 27.5 Å². The Kier molecular flexibility index (Phi) is 6.19. The molecule has 0 saturated heterocycles. The second-order valence-corrected chi connectivity index (χ2v) is 9.50. The second kappa shape index (κ2) is 9.28. The molecule has 5 nitrogen and oxygen atoms in total. The normalized spacial score (nSPS) is 15.1. The zero-order valence-corrected chi connectivity index (χ0v) is 20.7. The van der Waals surface area contributed by atoms with Crippen LogP contribution in [0.15, 0.2) is 80.4 Å². The number of nitrogens with zero attached hydrogens (tertiary/aromatic N) is 1. The third kappa shape index (κ3) is 4.01. The van der Waals surface area contributed by atoms with Crippen molar-refractivity contribution in [3.63, 3.8) is 0 Å². The summed E-state index contributed by atoms with van der Waals surface area (Å²) in [6, 6.07) is 19.1. The molecule has 1 aliphatic rings. The van der Waals surface area contributed by atoms with Gasteiger partial charge in [-0.05, 0) is 60.5 Å². The lowest BCUT2D eigenvalue weighted by Gasteiger charge is -2.25. The maximum absolute atomic E-state index is 13.7. The fourth-order valence-electron chi connectivity index (χ4n) is 4.23. The number of carbonyl (C=O) groups excluding carboxylic acids is 1. The van der Waals surface area contributed by atoms with Gasteiger partial charge >= 0.3 is 0 Å². The minimum atomic E-state index is -0.652. The van der Waals surface area contributed by atoms with Crippen LogP contribution in [0.3, 0.4) is 0 Å². The van der Waals surface area contributed by atoms with Crippen molar-refractivity contribution in [2.24, 2.45) is 0 Å². The van der Waals surface area contributed by atoms with Crippen molar-refractivity contribution < 1.29 is 13.9 Å². The Bertz CT molecular complexity index is 1450. The number of ether oxygens (including phenoxy) is 1. The molecule has 1 aliphatic heterocycles. The standard InChI is InChI=1S/C27H21BrClNO4/c1-2-3-13-33-20-10-7-16(8-11-20)24-23-25(31)21-15-18(29)9-12-22(21)34-26(23)27(32)30(24)19-6-4-5-17(28)14-19/h4-12,14-15,24H,2-3,13H2,1H3. The van der Waals surface area contributed by atoms with Gasteiger partial charge in [0.05, 0.1) is 23.6 Å². The van der Waals surface area contributed by atoms with E-state index in [0.29, 0.717) is 33.8 Å². The first-order valence-electron chi connectivity index (χ1n) is 11.1. The van der Waals surface area contributed by atoms with Crippen molar-refractivity contribution in [2.75, 3.05) is 11.5 Å². The minimum Gasteiger partial charge on any atom is -0.494 e. The largest absolute Gasteiger partial charge is 0.494 e. The molecule has 1 amide bonds. The van der Waals surface area contributed by atoms with E-state index in [-0.39, 0.29) is 17.1 Å². The molecule has 172 valence electrons. The molecule has 1 unspecified atom stereocenters. The summed E-state index contributed by atoms with van der Waals surface area (Å²) in [5.74, 6) is 0.427. The average Bonchev–Trinajstić information content (AvgIpc) is 3.13. The lowest BCUT2D eigenvalue weighted by atomic mass is 9.98. The van der Waals surface area contributed by atoms with E-state index in [0.717, 1.165) is 28.6 Å². The SMILES string of the molecule is CCCCOc1ccc(C2c3c(oc4ccc(Cl)cc4c3=O)C(=O)N2c2cccc(Br)c2)cc1. The number of unbranched alkanes of at least 4 members (excludes halogenated alkanes) is 1. The average molecular weight is 539 g/mol. The molecule has 2 heterocycles. The number of fused-ring (bicyclic) bond motifs is 2. The van der Waals surface area contributed by atoms with E-state index in [1.54, 1.807) is 23.1 Å². The van der Waals surface area contributed by atoms with Gasteiger partial charge in [0.1, 0.15) is 11.3 Å². The molecule has 5 rings (SSSR count). The van der Waals surface area contributed by atoms with Crippen molar-refractivity contribution in [3.8, 4) is 5.75 Å². The van der Waals surface area contributed by atoms with Gasteiger partial charge in [-0.2, -0.15) is 0 Å². The van der Waals surface area contributed by atoms with Crippen LogP contribution in [0, 0.1) is 0 Å². The zero-order valence-electron chi connectivity index (χ0n) is 18.4. The molecule has 1 aromatic heterocycles. The van der Waals surface area contributed by atoms with E-state index in [9.17, 15) is 9.59 Å². The van der Waals surface area contributed by atoms with E-state index in [1.807, 2.05) is 48.5 Å². The van der Waals surface area contributed by atoms with Crippen LogP contribution in [0.2, 0.25) is 5.02 Å². The number of carbonyl (C=O) groups is 1. The molecule has 1 atom stereocenters. The third-order valence-corrected chi connectivity index (χ3v) is 6.61. The van der Waals surface area contributed by atoms with Crippen LogP contribution in [0.1, 0.15) is 47.5 Å². The summed E-state index contributed by atoms with van der Waals surface area (Å²) in [6.45, 7) is 2.75. The van der Waals surface area contributed by atoms with E-state index in [1.165, 1.54) is 0 Å². The Morgan fingerprint density at radius 2 is 1.85 bits per heavy atom. The van der Waals surface area contributed by atoms with Gasteiger partial charge in [-0.15, -0.1) is 0 Å². The number of hydrogen-bond donors (Lipinski definition) is 0. The first-order valence-corrected chi connectivity index (χ1v) is 12.2. The van der Waals surface area contributed by atoms with E-state index in [4.69, 9.17) is 20.8 Å². The number of anilines is 1. The smallest absolute Gasteiger partial charge is 0.295 e. The quantitative estimate of drug-likeness (QED) is 0.245. The molecule has 7 heteroatoms. The minimum absolute atomic E-state index is 0.0491. The molecule has 0 fully saturated rings. The summed E-state index contributed by atoms with van der Waals surface area (Å²) < 4.78 is 12.6. The number of hydrogen-bond acceptors (Lipinski definition) is 4. The molecule has 4 aromatic rings. The van der Waals surface area contributed by atoms with Crippen molar-refractivity contribution in [2.45, 2.75) is 25.8 Å². The van der Waals surface area contributed by atoms with Crippen molar-refractivity contribution >= 4 is 50.1 Å². The number of benzene rings is 3. The molecule has 0 spiro atoms.